The van der Waals surface area contributed by atoms with Crippen LogP contribution in [0.3, 0.4) is 0 Å². The zero-order valence-electron chi connectivity index (χ0n) is 9.81. The molecule has 0 radical (unpaired) electrons. The lowest BCUT2D eigenvalue weighted by Gasteiger charge is -2.06. The molecule has 2 rings (SSSR count). The summed E-state index contributed by atoms with van der Waals surface area (Å²) in [7, 11) is 0. The Balaban J connectivity index is 2.92. The van der Waals surface area contributed by atoms with E-state index in [1.54, 1.807) is 13.8 Å². The van der Waals surface area contributed by atoms with Gasteiger partial charge in [-0.3, -0.25) is 19.3 Å². The average Bonchev–Trinajstić information content (AvgIpc) is 2.28. The summed E-state index contributed by atoms with van der Waals surface area (Å²) in [6.45, 7) is 3.37. The molecule has 0 atom stereocenters. The zero-order valence-corrected chi connectivity index (χ0v) is 10.6. The van der Waals surface area contributed by atoms with E-state index in [1.165, 1.54) is 12.3 Å². The lowest BCUT2D eigenvalue weighted by Crippen LogP contribution is -2.20. The fourth-order valence-corrected chi connectivity index (χ4v) is 2.07. The third-order valence-corrected chi connectivity index (χ3v) is 3.05. The highest BCUT2D eigenvalue weighted by molar-refractivity contribution is 6.30. The molecule has 2 aromatic heterocycles. The molecule has 2 heterocycles. The number of halogens is 1. The minimum atomic E-state index is -0.526. The van der Waals surface area contributed by atoms with E-state index in [1.807, 2.05) is 0 Å². The summed E-state index contributed by atoms with van der Waals surface area (Å²) in [6, 6.07) is 1.48. The van der Waals surface area contributed by atoms with Crippen molar-refractivity contribution in [1.29, 1.82) is 0 Å². The van der Waals surface area contributed by atoms with E-state index in [0.29, 0.717) is 23.2 Å². The fourth-order valence-electron chi connectivity index (χ4n) is 1.77. The Labute approximate surface area is 107 Å². The van der Waals surface area contributed by atoms with Crippen LogP contribution in [0.4, 0.5) is 5.69 Å². The minimum absolute atomic E-state index is 0.115. The Morgan fingerprint density at radius 1 is 1.56 bits per heavy atom. The van der Waals surface area contributed by atoms with Crippen molar-refractivity contribution in [1.82, 2.24) is 9.38 Å². The number of hydrogen-bond acceptors (Lipinski definition) is 4. The summed E-state index contributed by atoms with van der Waals surface area (Å²) in [5, 5.41) is 11.0. The Morgan fingerprint density at radius 3 is 2.78 bits per heavy atom. The molecule has 0 fully saturated rings. The average molecular weight is 268 g/mol. The predicted octanol–water partition coefficient (Wildman–Crippen LogP) is 2.13. The molecule has 0 spiro atoms. The molecule has 0 bridgehead atoms. The van der Waals surface area contributed by atoms with Crippen molar-refractivity contribution in [3.8, 4) is 0 Å². The van der Waals surface area contributed by atoms with Gasteiger partial charge in [0, 0.05) is 5.56 Å². The van der Waals surface area contributed by atoms with Crippen LogP contribution in [0.2, 0.25) is 5.15 Å². The number of rotatable bonds is 2. The second-order valence-electron chi connectivity index (χ2n) is 3.87. The molecule has 0 unspecified atom stereocenters. The molecule has 7 heteroatoms. The molecule has 0 aliphatic heterocycles. The first-order chi connectivity index (χ1) is 8.45. The molecule has 18 heavy (non-hydrogen) atoms. The number of aromatic nitrogens is 2. The molecular weight excluding hydrogens is 258 g/mol. The standard InChI is InChI=1S/C11H10ClN3O3/c1-3-7-10(12)13-9-4-6(2)8(15(17)18)5-14(9)11(7)16/h4-5H,3H2,1-2H3. The summed E-state index contributed by atoms with van der Waals surface area (Å²) in [6.07, 6.45) is 1.62. The maximum absolute atomic E-state index is 12.1. The first-order valence-electron chi connectivity index (χ1n) is 5.31. The van der Waals surface area contributed by atoms with Crippen molar-refractivity contribution < 1.29 is 4.92 Å². The van der Waals surface area contributed by atoms with Crippen molar-refractivity contribution >= 4 is 22.9 Å². The molecule has 0 aromatic carbocycles. The molecule has 0 aliphatic rings. The third-order valence-electron chi connectivity index (χ3n) is 2.74. The molecule has 0 N–H and O–H groups in total. The molecule has 0 saturated heterocycles. The van der Waals surface area contributed by atoms with Crippen molar-refractivity contribution in [2.45, 2.75) is 20.3 Å². The number of fused-ring (bicyclic) bond motifs is 1. The zero-order chi connectivity index (χ0) is 13.4. The molecule has 0 amide bonds. The van der Waals surface area contributed by atoms with Gasteiger partial charge >= 0.3 is 0 Å². The van der Waals surface area contributed by atoms with Gasteiger partial charge in [0.05, 0.1) is 16.7 Å². The highest BCUT2D eigenvalue weighted by atomic mass is 35.5. The van der Waals surface area contributed by atoms with Crippen LogP contribution in [0.1, 0.15) is 18.1 Å². The molecule has 94 valence electrons. The lowest BCUT2D eigenvalue weighted by molar-refractivity contribution is -0.385. The quantitative estimate of drug-likeness (QED) is 0.474. The van der Waals surface area contributed by atoms with Gasteiger partial charge in [-0.1, -0.05) is 18.5 Å². The van der Waals surface area contributed by atoms with Crippen molar-refractivity contribution in [2.75, 3.05) is 0 Å². The second-order valence-corrected chi connectivity index (χ2v) is 4.22. The van der Waals surface area contributed by atoms with Crippen LogP contribution in [-0.4, -0.2) is 14.3 Å². The number of aryl methyl sites for hydroxylation is 1. The van der Waals surface area contributed by atoms with Gasteiger partial charge in [0.1, 0.15) is 10.8 Å². The van der Waals surface area contributed by atoms with E-state index in [-0.39, 0.29) is 16.4 Å². The SMILES string of the molecule is CCc1c(Cl)nc2cc(C)c([N+](=O)[O-])cn2c1=O. The van der Waals surface area contributed by atoms with Crippen LogP contribution < -0.4 is 5.56 Å². The molecule has 0 saturated carbocycles. The Hall–Kier alpha value is -1.95. The van der Waals surface area contributed by atoms with E-state index >= 15 is 0 Å². The summed E-state index contributed by atoms with van der Waals surface area (Å²) in [5.41, 5.74) is 0.621. The topological polar surface area (TPSA) is 77.5 Å². The Morgan fingerprint density at radius 2 is 2.22 bits per heavy atom. The van der Waals surface area contributed by atoms with Gasteiger partial charge in [-0.2, -0.15) is 0 Å². The monoisotopic (exact) mass is 267 g/mol. The highest BCUT2D eigenvalue weighted by Crippen LogP contribution is 2.19. The lowest BCUT2D eigenvalue weighted by atomic mass is 10.2. The van der Waals surface area contributed by atoms with Crippen LogP contribution in [0, 0.1) is 17.0 Å². The molecule has 2 aromatic rings. The normalized spacial score (nSPS) is 10.8. The van der Waals surface area contributed by atoms with Gasteiger partial charge in [-0.15, -0.1) is 0 Å². The predicted molar refractivity (Wildman–Crippen MR) is 67.2 cm³/mol. The first-order valence-corrected chi connectivity index (χ1v) is 5.69. The molecule has 0 aliphatic carbocycles. The Kier molecular flexibility index (Phi) is 3.04. The van der Waals surface area contributed by atoms with Crippen LogP contribution >= 0.6 is 11.6 Å². The summed E-state index contributed by atoms with van der Waals surface area (Å²) in [5.74, 6) is 0. The van der Waals surface area contributed by atoms with Gasteiger partial charge < -0.3 is 0 Å². The van der Waals surface area contributed by atoms with Crippen LogP contribution in [-0.2, 0) is 6.42 Å². The van der Waals surface area contributed by atoms with E-state index in [0.717, 1.165) is 4.40 Å². The van der Waals surface area contributed by atoms with Crippen LogP contribution in [0.15, 0.2) is 17.1 Å². The fraction of sp³-hybridized carbons (Fsp3) is 0.273. The van der Waals surface area contributed by atoms with Gasteiger partial charge in [0.15, 0.2) is 0 Å². The largest absolute Gasteiger partial charge is 0.289 e. The van der Waals surface area contributed by atoms with Crippen molar-refractivity contribution in [3.63, 3.8) is 0 Å². The summed E-state index contributed by atoms with van der Waals surface area (Å²) in [4.78, 5) is 26.5. The minimum Gasteiger partial charge on any atom is -0.269 e. The van der Waals surface area contributed by atoms with E-state index in [9.17, 15) is 14.9 Å². The number of hydrogen-bond donors (Lipinski definition) is 0. The molecule has 6 nitrogen and oxygen atoms in total. The number of nitro groups is 1. The molecular formula is C11H10ClN3O3. The maximum atomic E-state index is 12.1. The number of pyridine rings is 1. The highest BCUT2D eigenvalue weighted by Gasteiger charge is 2.16. The van der Waals surface area contributed by atoms with Gasteiger partial charge in [-0.25, -0.2) is 4.98 Å². The van der Waals surface area contributed by atoms with Crippen molar-refractivity contribution in [3.05, 3.63) is 49.0 Å². The summed E-state index contributed by atoms with van der Waals surface area (Å²) < 4.78 is 1.16. The number of nitrogens with zero attached hydrogens (tertiary/aromatic N) is 3. The van der Waals surface area contributed by atoms with E-state index in [2.05, 4.69) is 4.98 Å². The smallest absolute Gasteiger partial charge is 0.269 e. The first kappa shape index (κ1) is 12.5. The van der Waals surface area contributed by atoms with Crippen molar-refractivity contribution in [2.24, 2.45) is 0 Å². The van der Waals surface area contributed by atoms with Crippen LogP contribution in [0.5, 0.6) is 0 Å². The van der Waals surface area contributed by atoms with Gasteiger partial charge in [-0.05, 0) is 19.4 Å². The van der Waals surface area contributed by atoms with E-state index < -0.39 is 4.92 Å². The van der Waals surface area contributed by atoms with E-state index in [4.69, 9.17) is 11.6 Å². The third kappa shape index (κ3) is 1.84. The van der Waals surface area contributed by atoms with Crippen LogP contribution in [0.25, 0.3) is 5.65 Å². The van der Waals surface area contributed by atoms with Gasteiger partial charge in [0.25, 0.3) is 11.2 Å². The summed E-state index contributed by atoms with van der Waals surface area (Å²) >= 11 is 5.90. The maximum Gasteiger partial charge on any atom is 0.289 e. The second kappa shape index (κ2) is 4.38. The Bertz CT molecular complexity index is 709. The van der Waals surface area contributed by atoms with Gasteiger partial charge in [0.2, 0.25) is 0 Å².